The Bertz CT molecular complexity index is 1190. The van der Waals surface area contributed by atoms with E-state index in [4.69, 9.17) is 9.47 Å². The zero-order chi connectivity index (χ0) is 24.9. The molecule has 1 aromatic heterocycles. The molecule has 0 bridgehead atoms. The van der Waals surface area contributed by atoms with Gasteiger partial charge in [0.1, 0.15) is 11.9 Å². The predicted molar refractivity (Wildman–Crippen MR) is 132 cm³/mol. The Morgan fingerprint density at radius 3 is 2.56 bits per heavy atom. The number of methoxy groups -OCH3 is 1. The summed E-state index contributed by atoms with van der Waals surface area (Å²) in [6.45, 7) is 2.43. The standard InChI is InChI=1S/C27H31N5O4/c1-35-22-9-7-20(8-10-22)24-17-32-23(18-36-24)25(29-30-32)27(34)31-15-12-21(13-16-31)26(33)28-14-11-19-5-3-2-4-6-19/h2-10,21,24H,11-18H2,1H3,(H,28,33)/t24-/m1/s1. The first-order chi connectivity index (χ1) is 17.6. The zero-order valence-electron chi connectivity index (χ0n) is 20.4. The van der Waals surface area contributed by atoms with Gasteiger partial charge < -0.3 is 19.7 Å². The Balaban J connectivity index is 1.12. The maximum atomic E-state index is 13.2. The fourth-order valence-corrected chi connectivity index (χ4v) is 4.81. The average molecular weight is 490 g/mol. The largest absolute Gasteiger partial charge is 0.497 e. The molecule has 188 valence electrons. The van der Waals surface area contributed by atoms with E-state index in [-0.39, 0.29) is 30.4 Å². The van der Waals surface area contributed by atoms with Crippen molar-refractivity contribution in [2.24, 2.45) is 5.92 Å². The molecule has 3 heterocycles. The van der Waals surface area contributed by atoms with Crippen LogP contribution in [0.5, 0.6) is 5.75 Å². The number of aromatic nitrogens is 3. The summed E-state index contributed by atoms with van der Waals surface area (Å²) >= 11 is 0. The highest BCUT2D eigenvalue weighted by Gasteiger charge is 2.33. The number of hydrogen-bond donors (Lipinski definition) is 1. The molecule has 2 amide bonds. The van der Waals surface area contributed by atoms with Gasteiger partial charge in [-0.05, 0) is 42.5 Å². The van der Waals surface area contributed by atoms with Crippen LogP contribution in [0.3, 0.4) is 0 Å². The molecule has 2 aromatic carbocycles. The van der Waals surface area contributed by atoms with Gasteiger partial charge in [-0.1, -0.05) is 47.7 Å². The van der Waals surface area contributed by atoms with E-state index in [1.807, 2.05) is 42.5 Å². The highest BCUT2D eigenvalue weighted by molar-refractivity contribution is 5.93. The van der Waals surface area contributed by atoms with Gasteiger partial charge in [0.2, 0.25) is 5.91 Å². The topological polar surface area (TPSA) is 98.6 Å². The van der Waals surface area contributed by atoms with Crippen molar-refractivity contribution in [2.45, 2.75) is 38.5 Å². The van der Waals surface area contributed by atoms with Crippen LogP contribution < -0.4 is 10.1 Å². The van der Waals surface area contributed by atoms with Gasteiger partial charge in [0, 0.05) is 25.6 Å². The number of carbonyl (C=O) groups excluding carboxylic acids is 2. The molecule has 9 nitrogen and oxygen atoms in total. The first-order valence-corrected chi connectivity index (χ1v) is 12.4. The minimum Gasteiger partial charge on any atom is -0.497 e. The lowest BCUT2D eigenvalue weighted by Crippen LogP contribution is -2.43. The van der Waals surface area contributed by atoms with Crippen LogP contribution in [0.1, 0.15) is 46.3 Å². The Labute approximate surface area is 210 Å². The van der Waals surface area contributed by atoms with Crippen molar-refractivity contribution in [1.82, 2.24) is 25.2 Å². The van der Waals surface area contributed by atoms with Gasteiger partial charge in [-0.3, -0.25) is 9.59 Å². The molecule has 9 heteroatoms. The Morgan fingerprint density at radius 2 is 1.83 bits per heavy atom. The molecule has 0 saturated carbocycles. The second kappa shape index (κ2) is 10.9. The molecule has 0 aliphatic carbocycles. The second-order valence-corrected chi connectivity index (χ2v) is 9.23. The fraction of sp³-hybridized carbons (Fsp3) is 0.407. The molecule has 36 heavy (non-hydrogen) atoms. The van der Waals surface area contributed by atoms with Crippen LogP contribution in [-0.2, 0) is 29.1 Å². The number of nitrogens with zero attached hydrogens (tertiary/aromatic N) is 4. The summed E-state index contributed by atoms with van der Waals surface area (Å²) in [5.74, 6) is 0.632. The normalized spacial score (nSPS) is 17.9. The van der Waals surface area contributed by atoms with Gasteiger partial charge in [-0.2, -0.15) is 0 Å². The van der Waals surface area contributed by atoms with E-state index < -0.39 is 0 Å². The third kappa shape index (κ3) is 5.26. The van der Waals surface area contributed by atoms with Crippen molar-refractivity contribution in [2.75, 3.05) is 26.7 Å². The second-order valence-electron chi connectivity index (χ2n) is 9.23. The molecule has 0 unspecified atom stereocenters. The number of amides is 2. The summed E-state index contributed by atoms with van der Waals surface area (Å²) < 4.78 is 13.0. The van der Waals surface area contributed by atoms with E-state index in [1.54, 1.807) is 16.7 Å². The van der Waals surface area contributed by atoms with Crippen molar-refractivity contribution in [3.05, 3.63) is 77.1 Å². The van der Waals surface area contributed by atoms with Crippen LogP contribution in [0.2, 0.25) is 0 Å². The van der Waals surface area contributed by atoms with Crippen molar-refractivity contribution < 1.29 is 19.1 Å². The highest BCUT2D eigenvalue weighted by Crippen LogP contribution is 2.29. The monoisotopic (exact) mass is 489 g/mol. The van der Waals surface area contributed by atoms with Crippen molar-refractivity contribution in [3.63, 3.8) is 0 Å². The molecule has 5 rings (SSSR count). The molecule has 2 aliphatic rings. The Kier molecular flexibility index (Phi) is 7.27. The number of carbonyl (C=O) groups is 2. The lowest BCUT2D eigenvalue weighted by atomic mass is 9.95. The summed E-state index contributed by atoms with van der Waals surface area (Å²) in [4.78, 5) is 27.6. The molecular weight excluding hydrogens is 458 g/mol. The summed E-state index contributed by atoms with van der Waals surface area (Å²) in [6.07, 6.45) is 1.93. The van der Waals surface area contributed by atoms with Gasteiger partial charge in [0.05, 0.1) is 26.0 Å². The molecule has 2 aliphatic heterocycles. The fourth-order valence-electron chi connectivity index (χ4n) is 4.81. The first kappa shape index (κ1) is 24.0. The number of nitrogens with one attached hydrogen (secondary N) is 1. The minimum atomic E-state index is -0.163. The number of hydrogen-bond acceptors (Lipinski definition) is 6. The number of piperidine rings is 1. The van der Waals surface area contributed by atoms with Crippen LogP contribution in [0.25, 0.3) is 0 Å². The third-order valence-electron chi connectivity index (χ3n) is 7.00. The number of likely N-dealkylation sites (tertiary alicyclic amines) is 1. The quantitative estimate of drug-likeness (QED) is 0.548. The van der Waals surface area contributed by atoms with Crippen molar-refractivity contribution >= 4 is 11.8 Å². The molecule has 1 fully saturated rings. The number of fused-ring (bicyclic) bond motifs is 1. The molecular formula is C27H31N5O4. The van der Waals surface area contributed by atoms with E-state index in [1.165, 1.54) is 5.56 Å². The van der Waals surface area contributed by atoms with Crippen LogP contribution in [0.15, 0.2) is 54.6 Å². The minimum absolute atomic E-state index is 0.0667. The van der Waals surface area contributed by atoms with Gasteiger partial charge in [0.15, 0.2) is 5.69 Å². The smallest absolute Gasteiger partial charge is 0.276 e. The van der Waals surface area contributed by atoms with Crippen LogP contribution >= 0.6 is 0 Å². The van der Waals surface area contributed by atoms with Gasteiger partial charge in [0.25, 0.3) is 5.91 Å². The van der Waals surface area contributed by atoms with Crippen molar-refractivity contribution in [3.8, 4) is 5.75 Å². The van der Waals surface area contributed by atoms with Gasteiger partial charge >= 0.3 is 0 Å². The van der Waals surface area contributed by atoms with E-state index in [2.05, 4.69) is 27.8 Å². The third-order valence-corrected chi connectivity index (χ3v) is 7.00. The Morgan fingerprint density at radius 1 is 1.08 bits per heavy atom. The van der Waals surface area contributed by atoms with Crippen LogP contribution in [0, 0.1) is 5.92 Å². The Hall–Kier alpha value is -3.72. The van der Waals surface area contributed by atoms with Crippen LogP contribution in [0.4, 0.5) is 0 Å². The van der Waals surface area contributed by atoms with Crippen molar-refractivity contribution in [1.29, 1.82) is 0 Å². The summed E-state index contributed by atoms with van der Waals surface area (Å²) in [5, 5.41) is 11.5. The van der Waals surface area contributed by atoms with Gasteiger partial charge in [-0.15, -0.1) is 5.10 Å². The number of rotatable bonds is 7. The lowest BCUT2D eigenvalue weighted by Gasteiger charge is -2.31. The molecule has 3 aromatic rings. The molecule has 1 saturated heterocycles. The summed E-state index contributed by atoms with van der Waals surface area (Å²) in [6, 6.07) is 17.9. The summed E-state index contributed by atoms with van der Waals surface area (Å²) in [5.41, 5.74) is 3.27. The summed E-state index contributed by atoms with van der Waals surface area (Å²) in [7, 11) is 1.64. The molecule has 1 N–H and O–H groups in total. The molecule has 1 atom stereocenters. The maximum Gasteiger partial charge on any atom is 0.276 e. The zero-order valence-corrected chi connectivity index (χ0v) is 20.4. The first-order valence-electron chi connectivity index (χ1n) is 12.4. The van der Waals surface area contributed by atoms with Crippen LogP contribution in [-0.4, -0.2) is 58.5 Å². The van der Waals surface area contributed by atoms with E-state index in [9.17, 15) is 9.59 Å². The number of ether oxygens (including phenoxy) is 2. The molecule has 0 radical (unpaired) electrons. The lowest BCUT2D eigenvalue weighted by molar-refractivity contribution is -0.126. The van der Waals surface area contributed by atoms with E-state index >= 15 is 0 Å². The average Bonchev–Trinajstić information content (AvgIpc) is 3.36. The van der Waals surface area contributed by atoms with E-state index in [0.29, 0.717) is 50.4 Å². The van der Waals surface area contributed by atoms with Gasteiger partial charge in [-0.25, -0.2) is 4.68 Å². The molecule has 0 spiro atoms. The maximum absolute atomic E-state index is 13.2. The van der Waals surface area contributed by atoms with E-state index in [0.717, 1.165) is 17.7 Å². The highest BCUT2D eigenvalue weighted by atomic mass is 16.5. The number of benzene rings is 2. The SMILES string of the molecule is COc1ccc([C@H]2Cn3nnc(C(=O)N4CCC(C(=O)NCCc5ccccc5)CC4)c3CO2)cc1. The predicted octanol–water partition coefficient (Wildman–Crippen LogP) is 2.77.